The molecule has 0 spiro atoms. The molecule has 8 unspecified atom stereocenters. The first kappa shape index (κ1) is 32.6. The lowest BCUT2D eigenvalue weighted by atomic mass is 9.92. The van der Waals surface area contributed by atoms with Crippen LogP contribution in [-0.4, -0.2) is 105 Å². The molecule has 11 heteroatoms. The van der Waals surface area contributed by atoms with Crippen LogP contribution in [0.2, 0.25) is 0 Å². The average Bonchev–Trinajstić information content (AvgIpc) is 3.28. The number of carbonyl (C=O) groups excluding carboxylic acids is 2. The van der Waals surface area contributed by atoms with Gasteiger partial charge in [0.25, 0.3) is 0 Å². The Morgan fingerprint density at radius 2 is 1.89 bits per heavy atom. The zero-order valence-electron chi connectivity index (χ0n) is 23.1. The summed E-state index contributed by atoms with van der Waals surface area (Å²) in [5, 5.41) is 34.7. The molecule has 0 radical (unpaired) electrons. The average molecular weight is 559 g/mol. The van der Waals surface area contributed by atoms with Crippen molar-refractivity contribution >= 4 is 23.8 Å². The number of nitrogens with zero attached hydrogens (tertiary/aromatic N) is 1. The van der Waals surface area contributed by atoms with Gasteiger partial charge >= 0.3 is 6.09 Å². The van der Waals surface area contributed by atoms with Crippen molar-refractivity contribution in [3.63, 3.8) is 0 Å². The minimum Gasteiger partial charge on any atom is -0.444 e. The van der Waals surface area contributed by atoms with E-state index in [-0.39, 0.29) is 0 Å². The van der Waals surface area contributed by atoms with E-state index in [0.717, 1.165) is 12.8 Å². The number of allylic oxidation sites excluding steroid dienone is 1. The minimum atomic E-state index is -1.46. The molecule has 2 rings (SSSR count). The van der Waals surface area contributed by atoms with Crippen LogP contribution in [0.1, 0.15) is 59.8 Å². The van der Waals surface area contributed by atoms with Crippen LogP contribution >= 0.6 is 11.8 Å². The van der Waals surface area contributed by atoms with Gasteiger partial charge in [-0.1, -0.05) is 25.5 Å². The summed E-state index contributed by atoms with van der Waals surface area (Å²) in [5.74, 6) is 0.000560. The molecule has 2 aliphatic rings. The number of likely N-dealkylation sites (tertiary alicyclic amines) is 1. The Balaban J connectivity index is 2.29. The molecule has 0 saturated carbocycles. The lowest BCUT2D eigenvalue weighted by Gasteiger charge is -2.43. The third-order valence-corrected chi connectivity index (χ3v) is 7.61. The van der Waals surface area contributed by atoms with Gasteiger partial charge in [-0.15, -0.1) is 24.9 Å². The van der Waals surface area contributed by atoms with Crippen LogP contribution in [0.3, 0.4) is 0 Å². The molecule has 0 aromatic carbocycles. The number of amides is 2. The van der Waals surface area contributed by atoms with Crippen LogP contribution in [-0.2, 0) is 19.0 Å². The second kappa shape index (κ2) is 15.2. The number of hydrogen-bond acceptors (Lipinski definition) is 9. The van der Waals surface area contributed by atoms with Crippen molar-refractivity contribution in [2.75, 3.05) is 18.9 Å². The molecule has 8 atom stereocenters. The van der Waals surface area contributed by atoms with Crippen molar-refractivity contribution in [2.45, 2.75) is 113 Å². The maximum atomic E-state index is 13.8. The Bertz CT molecular complexity index is 792. The van der Waals surface area contributed by atoms with Crippen molar-refractivity contribution in [3.05, 3.63) is 25.3 Å². The van der Waals surface area contributed by atoms with Crippen molar-refractivity contribution in [3.8, 4) is 0 Å². The Hall–Kier alpha value is -1.63. The van der Waals surface area contributed by atoms with Crippen molar-refractivity contribution in [1.29, 1.82) is 0 Å². The standard InChI is InChI=1S/C27H46N2O8S/c1-7-10-12-17(23-21(31)20(30)22(32)25(36-23)38-16-9-3)28-24(33)19-18(35-15-11-8-2)13-14-29(19)26(34)37-27(4,5)6/h7,9,17-23,25,30-32H,1,3,8,10-16H2,2,4-6H3,(H,28,33). The van der Waals surface area contributed by atoms with Crippen molar-refractivity contribution in [1.82, 2.24) is 10.2 Å². The van der Waals surface area contributed by atoms with Gasteiger partial charge in [0.15, 0.2) is 0 Å². The van der Waals surface area contributed by atoms with Gasteiger partial charge in [0.2, 0.25) is 5.91 Å². The number of thioether (sulfide) groups is 1. The number of ether oxygens (including phenoxy) is 3. The van der Waals surface area contributed by atoms with Gasteiger partial charge in [-0.2, -0.15) is 0 Å². The van der Waals surface area contributed by atoms with Gasteiger partial charge < -0.3 is 34.8 Å². The van der Waals surface area contributed by atoms with E-state index in [0.29, 0.717) is 38.2 Å². The number of hydrogen-bond donors (Lipinski definition) is 4. The van der Waals surface area contributed by atoms with E-state index in [9.17, 15) is 24.9 Å². The minimum absolute atomic E-state index is 0.300. The van der Waals surface area contributed by atoms with Crippen LogP contribution in [0.15, 0.2) is 25.3 Å². The number of rotatable bonds is 13. The Morgan fingerprint density at radius 1 is 1.18 bits per heavy atom. The van der Waals surface area contributed by atoms with E-state index < -0.39 is 65.6 Å². The molecule has 2 heterocycles. The molecule has 0 aliphatic carbocycles. The first-order chi connectivity index (χ1) is 17.9. The van der Waals surface area contributed by atoms with Crippen LogP contribution < -0.4 is 5.32 Å². The van der Waals surface area contributed by atoms with E-state index in [1.54, 1.807) is 32.9 Å². The quantitative estimate of drug-likeness (QED) is 0.198. The van der Waals surface area contributed by atoms with E-state index >= 15 is 0 Å². The van der Waals surface area contributed by atoms with Crippen LogP contribution in [0, 0.1) is 0 Å². The van der Waals surface area contributed by atoms with E-state index in [1.165, 1.54) is 16.7 Å². The van der Waals surface area contributed by atoms with Gasteiger partial charge in [-0.3, -0.25) is 9.69 Å². The summed E-state index contributed by atoms with van der Waals surface area (Å²) in [5.41, 5.74) is -1.56. The first-order valence-electron chi connectivity index (χ1n) is 13.4. The van der Waals surface area contributed by atoms with E-state index in [4.69, 9.17) is 14.2 Å². The fraction of sp³-hybridized carbons (Fsp3) is 0.778. The zero-order chi connectivity index (χ0) is 28.5. The normalized spacial score (nSPS) is 30.5. The lowest BCUT2D eigenvalue weighted by molar-refractivity contribution is -0.205. The molecular weight excluding hydrogens is 512 g/mol. The number of nitrogens with one attached hydrogen (secondary N) is 1. The topological polar surface area (TPSA) is 138 Å². The summed E-state index contributed by atoms with van der Waals surface area (Å²) in [7, 11) is 0. The highest BCUT2D eigenvalue weighted by atomic mass is 32.2. The predicted molar refractivity (Wildman–Crippen MR) is 147 cm³/mol. The Kier molecular flexibility index (Phi) is 13.1. The molecule has 0 aromatic heterocycles. The molecule has 2 fully saturated rings. The number of carbonyl (C=O) groups is 2. The largest absolute Gasteiger partial charge is 0.444 e. The van der Waals surface area contributed by atoms with Gasteiger partial charge in [-0.05, 0) is 46.5 Å². The summed E-state index contributed by atoms with van der Waals surface area (Å²) >= 11 is 1.24. The molecule has 4 N–H and O–H groups in total. The lowest BCUT2D eigenvalue weighted by Crippen LogP contribution is -2.64. The Morgan fingerprint density at radius 3 is 2.50 bits per heavy atom. The van der Waals surface area contributed by atoms with Crippen LogP contribution in [0.4, 0.5) is 4.79 Å². The highest BCUT2D eigenvalue weighted by Gasteiger charge is 2.49. The monoisotopic (exact) mass is 558 g/mol. The molecular formula is C27H46N2O8S. The second-order valence-corrected chi connectivity index (χ2v) is 11.8. The van der Waals surface area contributed by atoms with Crippen molar-refractivity contribution in [2.24, 2.45) is 0 Å². The SMILES string of the molecule is C=CCCC(NC(=O)C1C(OCCCC)CCN1C(=O)OC(C)(C)C)C1OC(SCC=C)C(O)C(O)C1O. The number of aliphatic hydroxyl groups is 3. The zero-order valence-corrected chi connectivity index (χ0v) is 23.9. The van der Waals surface area contributed by atoms with Gasteiger partial charge in [-0.25, -0.2) is 4.79 Å². The molecule has 0 bridgehead atoms. The molecule has 0 aromatic rings. The smallest absolute Gasteiger partial charge is 0.411 e. The van der Waals surface area contributed by atoms with Crippen molar-refractivity contribution < 1.29 is 39.1 Å². The van der Waals surface area contributed by atoms with E-state index in [1.807, 2.05) is 6.92 Å². The van der Waals surface area contributed by atoms with E-state index in [2.05, 4.69) is 18.5 Å². The highest BCUT2D eigenvalue weighted by Crippen LogP contribution is 2.32. The molecule has 38 heavy (non-hydrogen) atoms. The first-order valence-corrected chi connectivity index (χ1v) is 14.4. The molecule has 2 amide bonds. The second-order valence-electron chi connectivity index (χ2n) is 10.7. The maximum absolute atomic E-state index is 13.8. The predicted octanol–water partition coefficient (Wildman–Crippen LogP) is 2.36. The summed E-state index contributed by atoms with van der Waals surface area (Å²) in [6.07, 6.45) is 0.0810. The summed E-state index contributed by atoms with van der Waals surface area (Å²) in [4.78, 5) is 28.2. The molecule has 218 valence electrons. The van der Waals surface area contributed by atoms with Gasteiger partial charge in [0.1, 0.15) is 41.5 Å². The highest BCUT2D eigenvalue weighted by molar-refractivity contribution is 7.99. The fourth-order valence-corrected chi connectivity index (χ4v) is 5.44. The molecule has 2 aliphatic heterocycles. The maximum Gasteiger partial charge on any atom is 0.411 e. The molecule has 2 saturated heterocycles. The fourth-order valence-electron chi connectivity index (χ4n) is 4.54. The Labute approximate surface area is 230 Å². The number of unbranched alkanes of at least 4 members (excludes halogenated alkanes) is 1. The summed E-state index contributed by atoms with van der Waals surface area (Å²) in [6.45, 7) is 15.5. The third-order valence-electron chi connectivity index (χ3n) is 6.46. The number of aliphatic hydroxyl groups excluding tert-OH is 3. The van der Waals surface area contributed by atoms with Gasteiger partial charge in [0.05, 0.1) is 12.1 Å². The summed E-state index contributed by atoms with van der Waals surface area (Å²) in [6, 6.07) is -1.67. The third kappa shape index (κ3) is 8.96. The van der Waals surface area contributed by atoms with Crippen LogP contribution in [0.25, 0.3) is 0 Å². The van der Waals surface area contributed by atoms with Crippen LogP contribution in [0.5, 0.6) is 0 Å². The molecule has 10 nitrogen and oxygen atoms in total. The summed E-state index contributed by atoms with van der Waals surface area (Å²) < 4.78 is 17.6. The van der Waals surface area contributed by atoms with Gasteiger partial charge in [0, 0.05) is 18.9 Å².